The SMILES string of the molecule is O=c1cc(F)c(C(F)(F)F)c[nH]1. The highest BCUT2D eigenvalue weighted by molar-refractivity contribution is 5.15. The van der Waals surface area contributed by atoms with E-state index in [-0.39, 0.29) is 6.07 Å². The van der Waals surface area contributed by atoms with Crippen LogP contribution in [0.15, 0.2) is 17.1 Å². The highest BCUT2D eigenvalue weighted by Crippen LogP contribution is 2.29. The highest BCUT2D eigenvalue weighted by Gasteiger charge is 2.34. The Bertz CT molecular complexity index is 340. The molecular formula is C6H3F4NO. The van der Waals surface area contributed by atoms with Crippen LogP contribution >= 0.6 is 0 Å². The van der Waals surface area contributed by atoms with E-state index in [2.05, 4.69) is 0 Å². The van der Waals surface area contributed by atoms with Crippen LogP contribution in [0.3, 0.4) is 0 Å². The van der Waals surface area contributed by atoms with Crippen molar-refractivity contribution in [1.82, 2.24) is 4.98 Å². The van der Waals surface area contributed by atoms with Crippen molar-refractivity contribution < 1.29 is 17.6 Å². The van der Waals surface area contributed by atoms with Gasteiger partial charge in [0.15, 0.2) is 0 Å². The summed E-state index contributed by atoms with van der Waals surface area (Å²) in [5.74, 6) is -1.56. The van der Waals surface area contributed by atoms with Gasteiger partial charge in [-0.3, -0.25) is 4.79 Å². The van der Waals surface area contributed by atoms with Gasteiger partial charge >= 0.3 is 6.18 Å². The van der Waals surface area contributed by atoms with Gasteiger partial charge in [-0.1, -0.05) is 0 Å². The molecule has 1 heterocycles. The predicted molar refractivity (Wildman–Crippen MR) is 32.0 cm³/mol. The van der Waals surface area contributed by atoms with Gasteiger partial charge in [0.1, 0.15) is 11.4 Å². The Labute approximate surface area is 63.8 Å². The fourth-order valence-corrected chi connectivity index (χ4v) is 0.664. The number of rotatable bonds is 0. The summed E-state index contributed by atoms with van der Waals surface area (Å²) in [5.41, 5.74) is -2.37. The quantitative estimate of drug-likeness (QED) is 0.605. The van der Waals surface area contributed by atoms with Crippen LogP contribution in [0.25, 0.3) is 0 Å². The van der Waals surface area contributed by atoms with Gasteiger partial charge in [0.25, 0.3) is 5.56 Å². The van der Waals surface area contributed by atoms with Crippen LogP contribution in [0.4, 0.5) is 17.6 Å². The molecule has 0 aliphatic rings. The smallest absolute Gasteiger partial charge is 0.328 e. The number of aromatic nitrogens is 1. The molecule has 66 valence electrons. The molecule has 0 bridgehead atoms. The first-order valence-electron chi connectivity index (χ1n) is 2.86. The summed E-state index contributed by atoms with van der Waals surface area (Å²) < 4.78 is 47.9. The number of halogens is 4. The normalized spacial score (nSPS) is 11.7. The molecule has 0 radical (unpaired) electrons. The lowest BCUT2D eigenvalue weighted by Gasteiger charge is -2.05. The molecule has 0 aromatic carbocycles. The van der Waals surface area contributed by atoms with Gasteiger partial charge in [-0.05, 0) is 0 Å². The number of aromatic amines is 1. The molecule has 0 aliphatic carbocycles. The molecule has 0 unspecified atom stereocenters. The van der Waals surface area contributed by atoms with Gasteiger partial charge < -0.3 is 4.98 Å². The lowest BCUT2D eigenvalue weighted by molar-refractivity contribution is -0.140. The lowest BCUT2D eigenvalue weighted by atomic mass is 10.2. The molecule has 0 aliphatic heterocycles. The number of hydrogen-bond acceptors (Lipinski definition) is 1. The van der Waals surface area contributed by atoms with Gasteiger partial charge in [0, 0.05) is 12.3 Å². The maximum absolute atomic E-state index is 12.4. The Balaban J connectivity index is 3.28. The summed E-state index contributed by atoms with van der Waals surface area (Å²) >= 11 is 0. The molecule has 1 N–H and O–H groups in total. The average Bonchev–Trinajstić information content (AvgIpc) is 1.83. The van der Waals surface area contributed by atoms with Crippen molar-refractivity contribution in [1.29, 1.82) is 0 Å². The molecule has 0 spiro atoms. The van der Waals surface area contributed by atoms with E-state index in [0.717, 1.165) is 0 Å². The number of nitrogens with one attached hydrogen (secondary N) is 1. The predicted octanol–water partition coefficient (Wildman–Crippen LogP) is 1.53. The molecular weight excluding hydrogens is 178 g/mol. The van der Waals surface area contributed by atoms with Crippen LogP contribution in [0.5, 0.6) is 0 Å². The van der Waals surface area contributed by atoms with E-state index in [9.17, 15) is 22.4 Å². The second-order valence-electron chi connectivity index (χ2n) is 2.06. The van der Waals surface area contributed by atoms with Crippen LogP contribution in [-0.4, -0.2) is 4.98 Å². The second kappa shape index (κ2) is 2.62. The topological polar surface area (TPSA) is 32.9 Å². The zero-order valence-corrected chi connectivity index (χ0v) is 5.57. The Morgan fingerprint density at radius 2 is 1.92 bits per heavy atom. The molecule has 1 aromatic rings. The largest absolute Gasteiger partial charge is 0.420 e. The number of H-pyrrole nitrogens is 1. The highest BCUT2D eigenvalue weighted by atomic mass is 19.4. The first kappa shape index (κ1) is 8.76. The number of hydrogen-bond donors (Lipinski definition) is 1. The molecule has 0 saturated carbocycles. The third kappa shape index (κ3) is 1.63. The zero-order chi connectivity index (χ0) is 9.35. The third-order valence-corrected chi connectivity index (χ3v) is 1.18. The first-order chi connectivity index (χ1) is 5.41. The average molecular weight is 181 g/mol. The summed E-state index contributed by atoms with van der Waals surface area (Å²) in [5, 5.41) is 0. The van der Waals surface area contributed by atoms with E-state index in [1.165, 1.54) is 0 Å². The maximum Gasteiger partial charge on any atom is 0.420 e. The molecule has 0 amide bonds. The fourth-order valence-electron chi connectivity index (χ4n) is 0.664. The van der Waals surface area contributed by atoms with Crippen LogP contribution in [0.1, 0.15) is 5.56 Å². The summed E-state index contributed by atoms with van der Waals surface area (Å²) in [6, 6.07) is 0.253. The number of pyridine rings is 1. The summed E-state index contributed by atoms with van der Waals surface area (Å²) in [7, 11) is 0. The molecule has 0 atom stereocenters. The van der Waals surface area contributed by atoms with Gasteiger partial charge in [-0.2, -0.15) is 13.2 Å². The van der Waals surface area contributed by atoms with E-state index in [1.807, 2.05) is 0 Å². The standard InChI is InChI=1S/C6H3F4NO/c7-4-1-5(12)11-2-3(4)6(8,9)10/h1-2H,(H,11,12). The zero-order valence-electron chi connectivity index (χ0n) is 5.57. The third-order valence-electron chi connectivity index (χ3n) is 1.18. The van der Waals surface area contributed by atoms with Crippen molar-refractivity contribution >= 4 is 0 Å². The summed E-state index contributed by atoms with van der Waals surface area (Å²) in [6.07, 6.45) is -4.47. The lowest BCUT2D eigenvalue weighted by Crippen LogP contribution is -2.14. The molecule has 6 heteroatoms. The molecule has 12 heavy (non-hydrogen) atoms. The van der Waals surface area contributed by atoms with Crippen molar-refractivity contribution in [3.63, 3.8) is 0 Å². The maximum atomic E-state index is 12.4. The molecule has 0 fully saturated rings. The fraction of sp³-hybridized carbons (Fsp3) is 0.167. The Hall–Kier alpha value is -1.33. The van der Waals surface area contributed by atoms with Crippen LogP contribution < -0.4 is 5.56 Å². The van der Waals surface area contributed by atoms with E-state index >= 15 is 0 Å². The van der Waals surface area contributed by atoms with Crippen molar-refractivity contribution in [2.45, 2.75) is 6.18 Å². The monoisotopic (exact) mass is 181 g/mol. The molecule has 1 rings (SSSR count). The van der Waals surface area contributed by atoms with E-state index < -0.39 is 23.1 Å². The van der Waals surface area contributed by atoms with Crippen molar-refractivity contribution in [3.05, 3.63) is 34.0 Å². The Kier molecular flexibility index (Phi) is 1.91. The minimum Gasteiger partial charge on any atom is -0.328 e. The summed E-state index contributed by atoms with van der Waals surface area (Å²) in [4.78, 5) is 12.0. The second-order valence-corrected chi connectivity index (χ2v) is 2.06. The van der Waals surface area contributed by atoms with E-state index in [4.69, 9.17) is 0 Å². The van der Waals surface area contributed by atoms with E-state index in [1.54, 1.807) is 4.98 Å². The van der Waals surface area contributed by atoms with Crippen molar-refractivity contribution in [3.8, 4) is 0 Å². The van der Waals surface area contributed by atoms with Gasteiger partial charge in [-0.25, -0.2) is 4.39 Å². The van der Waals surface area contributed by atoms with Gasteiger partial charge in [0.2, 0.25) is 0 Å². The van der Waals surface area contributed by atoms with Crippen molar-refractivity contribution in [2.75, 3.05) is 0 Å². The van der Waals surface area contributed by atoms with Crippen LogP contribution in [0, 0.1) is 5.82 Å². The summed E-state index contributed by atoms with van der Waals surface area (Å²) in [6.45, 7) is 0. The van der Waals surface area contributed by atoms with Crippen molar-refractivity contribution in [2.24, 2.45) is 0 Å². The Morgan fingerprint density at radius 1 is 1.33 bits per heavy atom. The molecule has 0 saturated heterocycles. The molecule has 1 aromatic heterocycles. The first-order valence-corrected chi connectivity index (χ1v) is 2.86. The number of alkyl halides is 3. The Morgan fingerprint density at radius 3 is 2.33 bits per heavy atom. The van der Waals surface area contributed by atoms with Gasteiger partial charge in [0.05, 0.1) is 0 Å². The van der Waals surface area contributed by atoms with Crippen LogP contribution in [0.2, 0.25) is 0 Å². The molecule has 2 nitrogen and oxygen atoms in total. The minimum atomic E-state index is -4.77. The minimum absolute atomic E-state index is 0.253. The van der Waals surface area contributed by atoms with E-state index in [0.29, 0.717) is 6.20 Å². The van der Waals surface area contributed by atoms with Crippen LogP contribution in [-0.2, 0) is 6.18 Å². The van der Waals surface area contributed by atoms with Gasteiger partial charge in [-0.15, -0.1) is 0 Å².